The van der Waals surface area contributed by atoms with Crippen molar-refractivity contribution in [1.29, 1.82) is 0 Å². The SMILES string of the molecule is CC(NC(=O)C(Cc1cnc[nH]1)NC(=O)C(N)Cc1c[nH]c2ccccc12)C(=O)NC(Cc1ccc(O)cc1)C(=O)O. The zero-order chi connectivity index (χ0) is 30.2. The van der Waals surface area contributed by atoms with Crippen molar-refractivity contribution in [3.63, 3.8) is 0 Å². The molecule has 0 saturated heterocycles. The number of carboxylic acid groups (broad SMARTS) is 1. The molecule has 0 spiro atoms. The third-order valence-electron chi connectivity index (χ3n) is 6.81. The van der Waals surface area contributed by atoms with Gasteiger partial charge in [0.15, 0.2) is 0 Å². The number of phenolic OH excluding ortho intramolecular Hbond substituents is 1. The standard InChI is InChI=1S/C29H33N7O6/c1-16(26(38)36-25(29(41)42)10-17-6-8-20(37)9-7-17)34-28(40)24(12-19-14-31-15-33-19)35-27(39)22(30)11-18-13-32-23-5-3-2-4-21(18)23/h2-9,13-16,22,24-25,32,37H,10-12,30H2,1H3,(H,31,33)(H,34,40)(H,35,39)(H,36,38)(H,41,42). The van der Waals surface area contributed by atoms with Crippen molar-refractivity contribution in [2.75, 3.05) is 0 Å². The molecule has 0 aliphatic rings. The van der Waals surface area contributed by atoms with Crippen molar-refractivity contribution in [3.05, 3.63) is 84.1 Å². The number of nitrogens with zero attached hydrogens (tertiary/aromatic N) is 1. The number of phenols is 1. The molecular formula is C29H33N7O6. The lowest BCUT2D eigenvalue weighted by molar-refractivity contribution is -0.142. The van der Waals surface area contributed by atoms with Gasteiger partial charge >= 0.3 is 5.97 Å². The number of hydrogen-bond acceptors (Lipinski definition) is 7. The number of aromatic amines is 2. The molecule has 4 unspecified atom stereocenters. The fourth-order valence-electron chi connectivity index (χ4n) is 4.48. The molecule has 9 N–H and O–H groups in total. The minimum atomic E-state index is -1.27. The lowest BCUT2D eigenvalue weighted by atomic mass is 10.0. The van der Waals surface area contributed by atoms with E-state index in [1.165, 1.54) is 31.6 Å². The van der Waals surface area contributed by atoms with Crippen molar-refractivity contribution in [2.24, 2.45) is 5.73 Å². The van der Waals surface area contributed by atoms with Gasteiger partial charge in [0.2, 0.25) is 17.7 Å². The zero-order valence-corrected chi connectivity index (χ0v) is 22.8. The molecule has 13 heteroatoms. The Morgan fingerprint density at radius 3 is 2.29 bits per heavy atom. The number of carbonyl (C=O) groups excluding carboxylic acids is 3. The number of benzene rings is 2. The number of rotatable bonds is 13. The number of aromatic hydroxyl groups is 1. The summed E-state index contributed by atoms with van der Waals surface area (Å²) in [4.78, 5) is 60.9. The molecule has 0 saturated carbocycles. The summed E-state index contributed by atoms with van der Waals surface area (Å²) in [5.74, 6) is -3.18. The highest BCUT2D eigenvalue weighted by Gasteiger charge is 2.29. The van der Waals surface area contributed by atoms with Gasteiger partial charge < -0.3 is 41.9 Å². The average Bonchev–Trinajstić information content (AvgIpc) is 3.63. The summed E-state index contributed by atoms with van der Waals surface area (Å²) in [6.07, 6.45) is 4.98. The first kappa shape index (κ1) is 29.8. The number of nitrogens with two attached hydrogens (primary N) is 1. The Hall–Kier alpha value is -5.17. The molecule has 13 nitrogen and oxygen atoms in total. The minimum absolute atomic E-state index is 0.0293. The molecule has 220 valence electrons. The predicted molar refractivity (Wildman–Crippen MR) is 153 cm³/mol. The van der Waals surface area contributed by atoms with Crippen LogP contribution < -0.4 is 21.7 Å². The number of fused-ring (bicyclic) bond motifs is 1. The summed E-state index contributed by atoms with van der Waals surface area (Å²) in [5.41, 5.74) is 9.14. The molecule has 2 heterocycles. The summed E-state index contributed by atoms with van der Waals surface area (Å²) in [5, 5.41) is 27.6. The second kappa shape index (κ2) is 13.5. The van der Waals surface area contributed by atoms with Crippen LogP contribution in [0.2, 0.25) is 0 Å². The summed E-state index contributed by atoms with van der Waals surface area (Å²) < 4.78 is 0. The van der Waals surface area contributed by atoms with Crippen LogP contribution in [0.5, 0.6) is 5.75 Å². The maximum atomic E-state index is 13.3. The number of carboxylic acids is 1. The molecule has 3 amide bonds. The minimum Gasteiger partial charge on any atom is -0.508 e. The molecule has 0 bridgehead atoms. The van der Waals surface area contributed by atoms with E-state index in [4.69, 9.17) is 5.73 Å². The lowest BCUT2D eigenvalue weighted by Crippen LogP contribution is -2.57. The predicted octanol–water partition coefficient (Wildman–Crippen LogP) is 0.511. The van der Waals surface area contributed by atoms with E-state index < -0.39 is 47.9 Å². The zero-order valence-electron chi connectivity index (χ0n) is 22.8. The van der Waals surface area contributed by atoms with Crippen LogP contribution in [-0.2, 0) is 38.4 Å². The highest BCUT2D eigenvalue weighted by atomic mass is 16.4. The molecule has 2 aromatic carbocycles. The van der Waals surface area contributed by atoms with Gasteiger partial charge in [-0.3, -0.25) is 14.4 Å². The molecule has 0 aliphatic carbocycles. The second-order valence-electron chi connectivity index (χ2n) is 10.0. The van der Waals surface area contributed by atoms with Crippen LogP contribution in [-0.4, -0.2) is 73.0 Å². The van der Waals surface area contributed by atoms with Crippen LogP contribution >= 0.6 is 0 Å². The van der Waals surface area contributed by atoms with E-state index >= 15 is 0 Å². The number of nitrogens with one attached hydrogen (secondary N) is 5. The Morgan fingerprint density at radius 2 is 1.60 bits per heavy atom. The van der Waals surface area contributed by atoms with E-state index in [0.717, 1.165) is 16.5 Å². The van der Waals surface area contributed by atoms with Gasteiger partial charge in [-0.2, -0.15) is 0 Å². The summed E-state index contributed by atoms with van der Waals surface area (Å²) >= 11 is 0. The van der Waals surface area contributed by atoms with Gasteiger partial charge in [0.25, 0.3) is 0 Å². The van der Waals surface area contributed by atoms with Crippen molar-refractivity contribution in [3.8, 4) is 5.75 Å². The average molecular weight is 576 g/mol. The molecule has 42 heavy (non-hydrogen) atoms. The fraction of sp³-hybridized carbons (Fsp3) is 0.276. The summed E-state index contributed by atoms with van der Waals surface area (Å²) in [6, 6.07) is 9.09. The smallest absolute Gasteiger partial charge is 0.326 e. The number of para-hydroxylation sites is 1. The van der Waals surface area contributed by atoms with Gasteiger partial charge in [-0.15, -0.1) is 0 Å². The van der Waals surface area contributed by atoms with E-state index in [1.54, 1.807) is 18.3 Å². The van der Waals surface area contributed by atoms with E-state index in [1.807, 2.05) is 24.3 Å². The van der Waals surface area contributed by atoms with Crippen molar-refractivity contribution >= 4 is 34.6 Å². The highest BCUT2D eigenvalue weighted by Crippen LogP contribution is 2.19. The molecule has 2 aromatic heterocycles. The number of aliphatic carboxylic acids is 1. The molecule has 0 fully saturated rings. The highest BCUT2D eigenvalue weighted by molar-refractivity contribution is 5.94. The maximum absolute atomic E-state index is 13.3. The number of hydrogen-bond donors (Lipinski definition) is 8. The van der Waals surface area contributed by atoms with E-state index in [9.17, 15) is 29.4 Å². The van der Waals surface area contributed by atoms with E-state index in [2.05, 4.69) is 30.9 Å². The van der Waals surface area contributed by atoms with Gasteiger partial charge in [-0.05, 0) is 42.7 Å². The van der Waals surface area contributed by atoms with Gasteiger partial charge in [0, 0.05) is 41.8 Å². The van der Waals surface area contributed by atoms with Crippen molar-refractivity contribution in [2.45, 2.75) is 50.4 Å². The van der Waals surface area contributed by atoms with Gasteiger partial charge in [-0.25, -0.2) is 9.78 Å². The van der Waals surface area contributed by atoms with Gasteiger partial charge in [0.05, 0.1) is 12.4 Å². The quantitative estimate of drug-likeness (QED) is 0.112. The topological polar surface area (TPSA) is 215 Å². The Balaban J connectivity index is 1.39. The maximum Gasteiger partial charge on any atom is 0.326 e. The first-order chi connectivity index (χ1) is 20.1. The van der Waals surface area contributed by atoms with Crippen LogP contribution in [0, 0.1) is 0 Å². The number of amides is 3. The molecule has 4 rings (SSSR count). The Kier molecular flexibility index (Phi) is 9.55. The van der Waals surface area contributed by atoms with Crippen LogP contribution in [0.1, 0.15) is 23.7 Å². The van der Waals surface area contributed by atoms with Crippen LogP contribution in [0.3, 0.4) is 0 Å². The molecular weight excluding hydrogens is 542 g/mol. The van der Waals surface area contributed by atoms with Crippen molar-refractivity contribution < 1.29 is 29.4 Å². The third-order valence-corrected chi connectivity index (χ3v) is 6.81. The van der Waals surface area contributed by atoms with Crippen LogP contribution in [0.25, 0.3) is 10.9 Å². The largest absolute Gasteiger partial charge is 0.508 e. The van der Waals surface area contributed by atoms with Gasteiger partial charge in [0.1, 0.15) is 23.9 Å². The third kappa shape index (κ3) is 7.73. The summed E-state index contributed by atoms with van der Waals surface area (Å²) in [7, 11) is 0. The number of imidazole rings is 1. The number of aromatic nitrogens is 3. The Bertz CT molecular complexity index is 1530. The Morgan fingerprint density at radius 1 is 0.881 bits per heavy atom. The fourth-order valence-corrected chi connectivity index (χ4v) is 4.48. The Labute approximate surface area is 240 Å². The first-order valence-corrected chi connectivity index (χ1v) is 13.3. The second-order valence-corrected chi connectivity index (χ2v) is 10.0. The monoisotopic (exact) mass is 575 g/mol. The number of H-pyrrole nitrogens is 2. The number of carbonyl (C=O) groups is 4. The van der Waals surface area contributed by atoms with Gasteiger partial charge in [-0.1, -0.05) is 30.3 Å². The molecule has 4 atom stereocenters. The van der Waals surface area contributed by atoms with Crippen LogP contribution in [0.15, 0.2) is 67.3 Å². The van der Waals surface area contributed by atoms with Crippen LogP contribution in [0.4, 0.5) is 0 Å². The molecule has 0 radical (unpaired) electrons. The van der Waals surface area contributed by atoms with E-state index in [0.29, 0.717) is 11.3 Å². The first-order valence-electron chi connectivity index (χ1n) is 13.3. The molecule has 4 aromatic rings. The molecule has 0 aliphatic heterocycles. The lowest BCUT2D eigenvalue weighted by Gasteiger charge is -2.23. The normalized spacial score (nSPS) is 14.0. The summed E-state index contributed by atoms with van der Waals surface area (Å²) in [6.45, 7) is 1.41. The van der Waals surface area contributed by atoms with Crippen molar-refractivity contribution in [1.82, 2.24) is 30.9 Å². The van der Waals surface area contributed by atoms with E-state index in [-0.39, 0.29) is 25.0 Å².